The zero-order valence-electron chi connectivity index (χ0n) is 15.8. The van der Waals surface area contributed by atoms with Crippen LogP contribution in [0.15, 0.2) is 35.3 Å². The van der Waals surface area contributed by atoms with Crippen LogP contribution in [0.3, 0.4) is 0 Å². The monoisotopic (exact) mass is 357 g/mol. The molecule has 6 nitrogen and oxygen atoms in total. The van der Waals surface area contributed by atoms with Gasteiger partial charge in [0.25, 0.3) is 0 Å². The largest absolute Gasteiger partial charge is 0.356 e. The van der Waals surface area contributed by atoms with E-state index >= 15 is 0 Å². The molecule has 1 aromatic carbocycles. The Hall–Kier alpha value is -2.08. The maximum atomic E-state index is 12.3. The van der Waals surface area contributed by atoms with E-state index in [2.05, 4.69) is 20.5 Å². The van der Waals surface area contributed by atoms with Crippen LogP contribution < -0.4 is 15.5 Å². The second-order valence-corrected chi connectivity index (χ2v) is 7.14. The molecular formula is C20H31N5O. The minimum atomic E-state index is 0.0958. The Balaban J connectivity index is 1.37. The summed E-state index contributed by atoms with van der Waals surface area (Å²) in [5.74, 6) is 0.952. The van der Waals surface area contributed by atoms with E-state index in [0.29, 0.717) is 13.0 Å². The van der Waals surface area contributed by atoms with Crippen molar-refractivity contribution in [1.82, 2.24) is 15.5 Å². The van der Waals surface area contributed by atoms with Crippen molar-refractivity contribution in [2.75, 3.05) is 44.7 Å². The molecule has 2 aliphatic rings. The Morgan fingerprint density at radius 2 is 1.96 bits per heavy atom. The number of guanidine groups is 1. The first kappa shape index (κ1) is 18.7. The molecule has 0 radical (unpaired) electrons. The van der Waals surface area contributed by atoms with Crippen molar-refractivity contribution in [3.05, 3.63) is 30.3 Å². The van der Waals surface area contributed by atoms with Gasteiger partial charge in [-0.1, -0.05) is 18.2 Å². The lowest BCUT2D eigenvalue weighted by Crippen LogP contribution is -2.44. The number of carbonyl (C=O) groups excluding carboxylic acids is 1. The third-order valence-corrected chi connectivity index (χ3v) is 5.15. The van der Waals surface area contributed by atoms with Gasteiger partial charge < -0.3 is 20.4 Å². The fraction of sp³-hybridized carbons (Fsp3) is 0.600. The number of anilines is 1. The number of nitrogens with zero attached hydrogens (tertiary/aromatic N) is 3. The summed E-state index contributed by atoms with van der Waals surface area (Å²) in [4.78, 5) is 21.0. The van der Waals surface area contributed by atoms with Crippen LogP contribution >= 0.6 is 0 Å². The van der Waals surface area contributed by atoms with Gasteiger partial charge in [-0.15, -0.1) is 0 Å². The van der Waals surface area contributed by atoms with E-state index in [1.807, 2.05) is 35.2 Å². The lowest BCUT2D eigenvalue weighted by Gasteiger charge is -2.19. The van der Waals surface area contributed by atoms with Crippen LogP contribution in [0.1, 0.15) is 32.1 Å². The molecule has 2 saturated heterocycles. The van der Waals surface area contributed by atoms with Gasteiger partial charge in [0.05, 0.1) is 6.04 Å². The molecule has 0 spiro atoms. The first-order valence-electron chi connectivity index (χ1n) is 9.81. The molecule has 6 heteroatoms. The number of para-hydroxylation sites is 1. The van der Waals surface area contributed by atoms with Gasteiger partial charge in [-0.05, 0) is 57.5 Å². The van der Waals surface area contributed by atoms with Crippen molar-refractivity contribution < 1.29 is 4.79 Å². The number of benzene rings is 1. The topological polar surface area (TPSA) is 60.0 Å². The molecule has 2 fully saturated rings. The molecule has 1 unspecified atom stereocenters. The van der Waals surface area contributed by atoms with E-state index in [1.165, 1.54) is 38.9 Å². The van der Waals surface area contributed by atoms with Crippen molar-refractivity contribution in [2.45, 2.75) is 38.1 Å². The predicted octanol–water partition coefficient (Wildman–Crippen LogP) is 1.83. The van der Waals surface area contributed by atoms with E-state index < -0.39 is 0 Å². The van der Waals surface area contributed by atoms with Crippen molar-refractivity contribution >= 4 is 17.6 Å². The average molecular weight is 358 g/mol. The number of hydrogen-bond donors (Lipinski definition) is 2. The molecule has 1 atom stereocenters. The van der Waals surface area contributed by atoms with Gasteiger partial charge in [-0.25, -0.2) is 0 Å². The highest BCUT2D eigenvalue weighted by atomic mass is 16.2. The number of rotatable bonds is 7. The second-order valence-electron chi connectivity index (χ2n) is 7.14. The summed E-state index contributed by atoms with van der Waals surface area (Å²) in [5, 5.41) is 6.78. The van der Waals surface area contributed by atoms with Crippen molar-refractivity contribution in [3.63, 3.8) is 0 Å². The summed E-state index contributed by atoms with van der Waals surface area (Å²) in [7, 11) is 1.78. The molecule has 1 amide bonds. The number of carbonyl (C=O) groups is 1. The molecule has 2 N–H and O–H groups in total. The zero-order chi connectivity index (χ0) is 18.2. The van der Waals surface area contributed by atoms with E-state index in [1.54, 1.807) is 7.05 Å². The van der Waals surface area contributed by atoms with Crippen LogP contribution in [0.5, 0.6) is 0 Å². The number of unbranched alkanes of at least 4 members (excludes halogenated alkanes) is 1. The number of amides is 1. The molecule has 142 valence electrons. The zero-order valence-corrected chi connectivity index (χ0v) is 15.8. The maximum Gasteiger partial charge on any atom is 0.229 e. The Labute approximate surface area is 156 Å². The third-order valence-electron chi connectivity index (χ3n) is 5.15. The van der Waals surface area contributed by atoms with Crippen LogP contribution in [-0.2, 0) is 4.79 Å². The highest BCUT2D eigenvalue weighted by molar-refractivity contribution is 5.97. The Morgan fingerprint density at radius 1 is 1.19 bits per heavy atom. The van der Waals surface area contributed by atoms with Crippen molar-refractivity contribution in [2.24, 2.45) is 4.99 Å². The number of hydrogen-bond acceptors (Lipinski definition) is 3. The van der Waals surface area contributed by atoms with Crippen LogP contribution in [0.4, 0.5) is 5.69 Å². The molecule has 2 heterocycles. The maximum absolute atomic E-state index is 12.3. The van der Waals surface area contributed by atoms with Gasteiger partial charge in [0.1, 0.15) is 0 Å². The second kappa shape index (κ2) is 9.57. The number of likely N-dealkylation sites (tertiary alicyclic amines) is 1. The molecule has 0 bridgehead atoms. The van der Waals surface area contributed by atoms with E-state index in [4.69, 9.17) is 0 Å². The number of nitrogens with one attached hydrogen (secondary N) is 2. The predicted molar refractivity (Wildman–Crippen MR) is 107 cm³/mol. The van der Waals surface area contributed by atoms with Gasteiger partial charge in [0.2, 0.25) is 5.91 Å². The van der Waals surface area contributed by atoms with Crippen molar-refractivity contribution in [3.8, 4) is 0 Å². The van der Waals surface area contributed by atoms with Crippen LogP contribution in [0.2, 0.25) is 0 Å². The number of aliphatic imine (C=N–C) groups is 1. The molecule has 26 heavy (non-hydrogen) atoms. The highest BCUT2D eigenvalue weighted by Crippen LogP contribution is 2.20. The van der Waals surface area contributed by atoms with E-state index in [-0.39, 0.29) is 11.9 Å². The quantitative estimate of drug-likeness (QED) is 0.444. The third kappa shape index (κ3) is 5.21. The molecule has 1 aromatic rings. The van der Waals surface area contributed by atoms with E-state index in [9.17, 15) is 4.79 Å². The molecular weight excluding hydrogens is 326 g/mol. The lowest BCUT2D eigenvalue weighted by molar-refractivity contribution is -0.117. The lowest BCUT2D eigenvalue weighted by atomic mass is 10.2. The van der Waals surface area contributed by atoms with Crippen LogP contribution in [0, 0.1) is 0 Å². The van der Waals surface area contributed by atoms with Crippen LogP contribution in [0.25, 0.3) is 0 Å². The normalized spacial score (nSPS) is 21.4. The molecule has 0 saturated carbocycles. The summed E-state index contributed by atoms with van der Waals surface area (Å²) in [6, 6.07) is 9.95. The van der Waals surface area contributed by atoms with Crippen molar-refractivity contribution in [1.29, 1.82) is 0 Å². The molecule has 2 aliphatic heterocycles. The minimum Gasteiger partial charge on any atom is -0.356 e. The first-order valence-corrected chi connectivity index (χ1v) is 9.81. The SMILES string of the molecule is CN=C(NCCCCN1CCCC1)NC1CC(=O)N(c2ccccc2)C1. The fourth-order valence-corrected chi connectivity index (χ4v) is 3.72. The summed E-state index contributed by atoms with van der Waals surface area (Å²) >= 11 is 0. The highest BCUT2D eigenvalue weighted by Gasteiger charge is 2.30. The molecule has 0 aromatic heterocycles. The van der Waals surface area contributed by atoms with Gasteiger partial charge in [-0.2, -0.15) is 0 Å². The standard InChI is InChI=1S/C20H31N5O/c1-21-20(22-11-5-6-12-24-13-7-8-14-24)23-17-15-19(26)25(16-17)18-9-3-2-4-10-18/h2-4,9-10,17H,5-8,11-16H2,1H3,(H2,21,22,23). The minimum absolute atomic E-state index is 0.0958. The van der Waals surface area contributed by atoms with Gasteiger partial charge in [-0.3, -0.25) is 9.79 Å². The summed E-state index contributed by atoms with van der Waals surface area (Å²) in [5.41, 5.74) is 0.964. The molecule has 3 rings (SSSR count). The van der Waals surface area contributed by atoms with Gasteiger partial charge in [0, 0.05) is 32.2 Å². The van der Waals surface area contributed by atoms with Gasteiger partial charge >= 0.3 is 0 Å². The van der Waals surface area contributed by atoms with E-state index in [0.717, 1.165) is 24.6 Å². The summed E-state index contributed by atoms with van der Waals surface area (Å²) < 4.78 is 0. The summed E-state index contributed by atoms with van der Waals surface area (Å²) in [6.45, 7) is 5.33. The van der Waals surface area contributed by atoms with Crippen LogP contribution in [-0.4, -0.2) is 62.6 Å². The smallest absolute Gasteiger partial charge is 0.229 e. The van der Waals surface area contributed by atoms with Gasteiger partial charge in [0.15, 0.2) is 5.96 Å². The average Bonchev–Trinajstić information content (AvgIpc) is 3.30. The Morgan fingerprint density at radius 3 is 2.69 bits per heavy atom. The molecule has 0 aliphatic carbocycles. The Kier molecular flexibility index (Phi) is 6.89. The summed E-state index contributed by atoms with van der Waals surface area (Å²) in [6.07, 6.45) is 5.57. The fourth-order valence-electron chi connectivity index (χ4n) is 3.72. The first-order chi connectivity index (χ1) is 12.8. The Bertz CT molecular complexity index is 597.